The fourth-order valence-electron chi connectivity index (χ4n) is 0.972. The van der Waals surface area contributed by atoms with Crippen molar-refractivity contribution in [3.63, 3.8) is 0 Å². The molecule has 0 atom stereocenters. The smallest absolute Gasteiger partial charge is 0.123 e. The molecular formula is C8H11N3. The average Bonchev–Trinajstić information content (AvgIpc) is 2.04. The van der Waals surface area contributed by atoms with E-state index in [-0.39, 0.29) is 5.84 Å². The molecule has 0 aromatic carbocycles. The second-order valence-corrected chi connectivity index (χ2v) is 2.30. The molecule has 0 aliphatic rings. The van der Waals surface area contributed by atoms with Gasteiger partial charge in [0.25, 0.3) is 0 Å². The molecule has 1 rings (SSSR count). The summed E-state index contributed by atoms with van der Waals surface area (Å²) in [5.41, 5.74) is 7.17. The molecule has 0 bridgehead atoms. The van der Waals surface area contributed by atoms with Crippen LogP contribution in [0.4, 0.5) is 0 Å². The van der Waals surface area contributed by atoms with Crippen LogP contribution in [0.25, 0.3) is 0 Å². The van der Waals surface area contributed by atoms with Gasteiger partial charge in [0, 0.05) is 18.0 Å². The van der Waals surface area contributed by atoms with Crippen LogP contribution in [-0.4, -0.2) is 10.8 Å². The van der Waals surface area contributed by atoms with Crippen molar-refractivity contribution in [1.29, 1.82) is 5.41 Å². The van der Waals surface area contributed by atoms with E-state index in [1.807, 2.05) is 6.92 Å². The van der Waals surface area contributed by atoms with Crippen LogP contribution in [0.2, 0.25) is 0 Å². The maximum atomic E-state index is 7.23. The number of nitrogens with one attached hydrogen (secondary N) is 1. The van der Waals surface area contributed by atoms with E-state index < -0.39 is 0 Å². The van der Waals surface area contributed by atoms with Gasteiger partial charge in [-0.2, -0.15) is 0 Å². The summed E-state index contributed by atoms with van der Waals surface area (Å²) in [5.74, 6) is 0.115. The number of nitrogens with two attached hydrogens (primary N) is 1. The van der Waals surface area contributed by atoms with Crippen LogP contribution in [0.5, 0.6) is 0 Å². The maximum absolute atomic E-state index is 7.23. The molecule has 1 heterocycles. The topological polar surface area (TPSA) is 62.8 Å². The van der Waals surface area contributed by atoms with Crippen molar-refractivity contribution in [1.82, 2.24) is 4.98 Å². The van der Waals surface area contributed by atoms with Gasteiger partial charge in [-0.05, 0) is 18.1 Å². The third kappa shape index (κ3) is 1.55. The summed E-state index contributed by atoms with van der Waals surface area (Å²) in [7, 11) is 0. The second kappa shape index (κ2) is 3.14. The number of pyridine rings is 1. The molecule has 58 valence electrons. The summed E-state index contributed by atoms with van der Waals surface area (Å²) in [5, 5.41) is 7.23. The Bertz CT molecular complexity index is 268. The van der Waals surface area contributed by atoms with E-state index in [4.69, 9.17) is 11.1 Å². The number of amidine groups is 1. The van der Waals surface area contributed by atoms with Crippen molar-refractivity contribution in [3.05, 3.63) is 29.6 Å². The summed E-state index contributed by atoms with van der Waals surface area (Å²) < 4.78 is 0. The van der Waals surface area contributed by atoms with Gasteiger partial charge < -0.3 is 5.73 Å². The van der Waals surface area contributed by atoms with Crippen molar-refractivity contribution < 1.29 is 0 Å². The van der Waals surface area contributed by atoms with Gasteiger partial charge in [-0.15, -0.1) is 0 Å². The largest absolute Gasteiger partial charge is 0.384 e. The summed E-state index contributed by atoms with van der Waals surface area (Å²) in [6.07, 6.45) is 4.26. The van der Waals surface area contributed by atoms with Gasteiger partial charge >= 0.3 is 0 Å². The van der Waals surface area contributed by atoms with Gasteiger partial charge in [-0.25, -0.2) is 0 Å². The quantitative estimate of drug-likeness (QED) is 0.485. The van der Waals surface area contributed by atoms with Crippen LogP contribution in [0, 0.1) is 5.41 Å². The van der Waals surface area contributed by atoms with Crippen LogP contribution in [0.1, 0.15) is 18.1 Å². The molecule has 3 N–H and O–H groups in total. The van der Waals surface area contributed by atoms with Crippen molar-refractivity contribution in [3.8, 4) is 0 Å². The van der Waals surface area contributed by atoms with Gasteiger partial charge in [-0.1, -0.05) is 6.92 Å². The zero-order valence-corrected chi connectivity index (χ0v) is 6.46. The molecule has 3 heteroatoms. The van der Waals surface area contributed by atoms with Gasteiger partial charge in [0.15, 0.2) is 0 Å². The SMILES string of the molecule is CCc1cnccc1C(=N)N. The number of aromatic nitrogens is 1. The first kappa shape index (κ1) is 7.72. The minimum atomic E-state index is 0.115. The highest BCUT2D eigenvalue weighted by Crippen LogP contribution is 2.05. The van der Waals surface area contributed by atoms with Gasteiger partial charge in [0.2, 0.25) is 0 Å². The number of nitrogen functional groups attached to an aromatic ring is 1. The Hall–Kier alpha value is -1.38. The van der Waals surface area contributed by atoms with E-state index in [2.05, 4.69) is 4.98 Å². The Balaban J connectivity index is 3.12. The molecule has 0 saturated heterocycles. The van der Waals surface area contributed by atoms with Crippen LogP contribution in [0.3, 0.4) is 0 Å². The monoisotopic (exact) mass is 149 g/mol. The third-order valence-electron chi connectivity index (χ3n) is 1.57. The zero-order chi connectivity index (χ0) is 8.27. The Kier molecular flexibility index (Phi) is 2.21. The lowest BCUT2D eigenvalue weighted by atomic mass is 10.1. The van der Waals surface area contributed by atoms with E-state index >= 15 is 0 Å². The standard InChI is InChI=1S/C8H11N3/c1-2-6-5-11-4-3-7(6)8(9)10/h3-5H,2H2,1H3,(H3,9,10). The highest BCUT2D eigenvalue weighted by atomic mass is 14.7. The highest BCUT2D eigenvalue weighted by molar-refractivity contribution is 5.96. The lowest BCUT2D eigenvalue weighted by Crippen LogP contribution is -2.13. The van der Waals surface area contributed by atoms with E-state index in [9.17, 15) is 0 Å². The Morgan fingerprint density at radius 3 is 2.91 bits per heavy atom. The van der Waals surface area contributed by atoms with Crippen molar-refractivity contribution in [2.24, 2.45) is 5.73 Å². The highest BCUT2D eigenvalue weighted by Gasteiger charge is 2.01. The molecule has 3 nitrogen and oxygen atoms in total. The van der Waals surface area contributed by atoms with Crippen LogP contribution < -0.4 is 5.73 Å². The fraction of sp³-hybridized carbons (Fsp3) is 0.250. The predicted octanol–water partition coefficient (Wildman–Crippen LogP) is 0.928. The molecule has 0 saturated carbocycles. The normalized spacial score (nSPS) is 9.55. The Morgan fingerprint density at radius 1 is 1.73 bits per heavy atom. The fourth-order valence-corrected chi connectivity index (χ4v) is 0.972. The third-order valence-corrected chi connectivity index (χ3v) is 1.57. The molecular weight excluding hydrogens is 138 g/mol. The summed E-state index contributed by atoms with van der Waals surface area (Å²) in [6, 6.07) is 1.77. The van der Waals surface area contributed by atoms with Gasteiger partial charge in [-0.3, -0.25) is 10.4 Å². The molecule has 0 fully saturated rings. The molecule has 0 aliphatic carbocycles. The molecule has 11 heavy (non-hydrogen) atoms. The first-order valence-corrected chi connectivity index (χ1v) is 3.53. The number of nitrogens with zero attached hydrogens (tertiary/aromatic N) is 1. The molecule has 0 unspecified atom stereocenters. The van der Waals surface area contributed by atoms with Crippen LogP contribution in [-0.2, 0) is 6.42 Å². The molecule has 0 amide bonds. The summed E-state index contributed by atoms with van der Waals surface area (Å²) in [4.78, 5) is 3.95. The van der Waals surface area contributed by atoms with Crippen LogP contribution >= 0.6 is 0 Å². The minimum absolute atomic E-state index is 0.115. The molecule has 1 aromatic heterocycles. The predicted molar refractivity (Wildman–Crippen MR) is 44.6 cm³/mol. The zero-order valence-electron chi connectivity index (χ0n) is 6.46. The lowest BCUT2D eigenvalue weighted by molar-refractivity contribution is 1.09. The summed E-state index contributed by atoms with van der Waals surface area (Å²) in [6.45, 7) is 2.02. The minimum Gasteiger partial charge on any atom is -0.384 e. The number of hydrogen-bond donors (Lipinski definition) is 2. The molecule has 0 spiro atoms. The van der Waals surface area contributed by atoms with Crippen LogP contribution in [0.15, 0.2) is 18.5 Å². The molecule has 0 aliphatic heterocycles. The molecule has 1 aromatic rings. The number of aryl methyl sites for hydroxylation is 1. The van der Waals surface area contributed by atoms with Gasteiger partial charge in [0.1, 0.15) is 5.84 Å². The number of rotatable bonds is 2. The first-order valence-electron chi connectivity index (χ1n) is 3.53. The van der Waals surface area contributed by atoms with Crippen molar-refractivity contribution in [2.75, 3.05) is 0 Å². The number of hydrogen-bond acceptors (Lipinski definition) is 2. The van der Waals surface area contributed by atoms with E-state index in [1.165, 1.54) is 0 Å². The van der Waals surface area contributed by atoms with Crippen molar-refractivity contribution >= 4 is 5.84 Å². The van der Waals surface area contributed by atoms with E-state index in [0.29, 0.717) is 0 Å². The lowest BCUT2D eigenvalue weighted by Gasteiger charge is -2.02. The van der Waals surface area contributed by atoms with Crippen molar-refractivity contribution in [2.45, 2.75) is 13.3 Å². The van der Waals surface area contributed by atoms with Gasteiger partial charge in [0.05, 0.1) is 0 Å². The average molecular weight is 149 g/mol. The molecule has 0 radical (unpaired) electrons. The van der Waals surface area contributed by atoms with E-state index in [0.717, 1.165) is 17.5 Å². The maximum Gasteiger partial charge on any atom is 0.123 e. The first-order chi connectivity index (χ1) is 5.25. The van der Waals surface area contributed by atoms with E-state index in [1.54, 1.807) is 18.5 Å². The summed E-state index contributed by atoms with van der Waals surface area (Å²) >= 11 is 0. The Morgan fingerprint density at radius 2 is 2.45 bits per heavy atom. The second-order valence-electron chi connectivity index (χ2n) is 2.30. The Labute approximate surface area is 65.8 Å².